The van der Waals surface area contributed by atoms with Gasteiger partial charge in [-0.15, -0.1) is 0 Å². The minimum atomic E-state index is -1.38. The molecule has 0 saturated heterocycles. The van der Waals surface area contributed by atoms with E-state index < -0.39 is 31.2 Å². The summed E-state index contributed by atoms with van der Waals surface area (Å²) in [6.45, 7) is 0.984. The minimum absolute atomic E-state index is 0.223. The molecular weight excluding hydrogens is 236 g/mol. The van der Waals surface area contributed by atoms with Crippen molar-refractivity contribution >= 4 is 12.6 Å². The van der Waals surface area contributed by atoms with E-state index in [9.17, 15) is 10.2 Å². The second-order valence-electron chi connectivity index (χ2n) is 3.33. The van der Waals surface area contributed by atoms with Crippen LogP contribution in [0.25, 0.3) is 0 Å². The SMILES string of the molecule is CC(CO)OC(OCCS)C(O)[C@H](O)CO. The summed E-state index contributed by atoms with van der Waals surface area (Å²) in [5, 5.41) is 36.3. The monoisotopic (exact) mass is 256 g/mol. The van der Waals surface area contributed by atoms with E-state index in [1.165, 1.54) is 0 Å². The first kappa shape index (κ1) is 16.1. The number of hydrogen-bond donors (Lipinski definition) is 5. The first-order chi connectivity index (χ1) is 7.56. The van der Waals surface area contributed by atoms with E-state index in [4.69, 9.17) is 19.7 Å². The van der Waals surface area contributed by atoms with Crippen molar-refractivity contribution in [3.8, 4) is 0 Å². The van der Waals surface area contributed by atoms with E-state index in [-0.39, 0.29) is 13.2 Å². The zero-order valence-electron chi connectivity index (χ0n) is 9.19. The van der Waals surface area contributed by atoms with Gasteiger partial charge in [-0.05, 0) is 6.92 Å². The average Bonchev–Trinajstić information content (AvgIpc) is 2.31. The van der Waals surface area contributed by atoms with Gasteiger partial charge in [0.25, 0.3) is 0 Å². The molecule has 16 heavy (non-hydrogen) atoms. The molecule has 0 aromatic rings. The Morgan fingerprint density at radius 2 is 1.81 bits per heavy atom. The Morgan fingerprint density at radius 1 is 1.19 bits per heavy atom. The summed E-state index contributed by atoms with van der Waals surface area (Å²) >= 11 is 3.93. The lowest BCUT2D eigenvalue weighted by atomic mass is 10.2. The van der Waals surface area contributed by atoms with Crippen molar-refractivity contribution in [3.05, 3.63) is 0 Å². The van der Waals surface area contributed by atoms with E-state index in [1.807, 2.05) is 0 Å². The maximum atomic E-state index is 9.58. The zero-order valence-corrected chi connectivity index (χ0v) is 10.1. The third-order valence-corrected chi connectivity index (χ3v) is 2.04. The normalized spacial score (nSPS) is 19.1. The molecule has 0 saturated carbocycles. The molecule has 7 heteroatoms. The van der Waals surface area contributed by atoms with Gasteiger partial charge in [0.1, 0.15) is 12.2 Å². The van der Waals surface area contributed by atoms with Crippen LogP contribution in [0, 0.1) is 0 Å². The predicted octanol–water partition coefficient (Wildman–Crippen LogP) is -1.63. The molecule has 3 unspecified atom stereocenters. The Balaban J connectivity index is 4.27. The van der Waals surface area contributed by atoms with Crippen molar-refractivity contribution in [2.45, 2.75) is 31.5 Å². The van der Waals surface area contributed by atoms with Gasteiger partial charge in [0.2, 0.25) is 0 Å². The van der Waals surface area contributed by atoms with Crippen molar-refractivity contribution < 1.29 is 29.9 Å². The van der Waals surface area contributed by atoms with Gasteiger partial charge in [-0.1, -0.05) is 0 Å². The molecule has 0 fully saturated rings. The van der Waals surface area contributed by atoms with Crippen LogP contribution in [-0.2, 0) is 9.47 Å². The fraction of sp³-hybridized carbons (Fsp3) is 1.00. The van der Waals surface area contributed by atoms with Crippen molar-refractivity contribution in [1.82, 2.24) is 0 Å². The number of hydrogen-bond acceptors (Lipinski definition) is 7. The molecule has 0 aliphatic heterocycles. The second-order valence-corrected chi connectivity index (χ2v) is 3.78. The molecule has 4 atom stereocenters. The first-order valence-corrected chi connectivity index (χ1v) is 5.65. The van der Waals surface area contributed by atoms with Crippen LogP contribution in [-0.4, -0.2) is 70.6 Å². The summed E-state index contributed by atoms with van der Waals surface area (Å²) < 4.78 is 10.3. The molecule has 0 spiro atoms. The number of aliphatic hydroxyl groups excluding tert-OH is 4. The van der Waals surface area contributed by atoms with Crippen LogP contribution in [0.2, 0.25) is 0 Å². The number of rotatable bonds is 9. The highest BCUT2D eigenvalue weighted by Crippen LogP contribution is 2.09. The number of thiol groups is 1. The summed E-state index contributed by atoms with van der Waals surface area (Å²) in [7, 11) is 0. The summed E-state index contributed by atoms with van der Waals surface area (Å²) in [6.07, 6.45) is -4.36. The smallest absolute Gasteiger partial charge is 0.186 e. The Hall–Kier alpha value is 0.110. The third kappa shape index (κ3) is 6.00. The van der Waals surface area contributed by atoms with Crippen LogP contribution >= 0.6 is 12.6 Å². The maximum Gasteiger partial charge on any atom is 0.186 e. The maximum absolute atomic E-state index is 9.58. The Kier molecular flexibility index (Phi) is 9.24. The molecule has 0 rings (SSSR count). The van der Waals surface area contributed by atoms with Crippen LogP contribution in [0.1, 0.15) is 6.92 Å². The molecule has 0 aromatic heterocycles. The molecule has 0 aliphatic rings. The zero-order chi connectivity index (χ0) is 12.6. The molecule has 0 bridgehead atoms. The molecule has 98 valence electrons. The van der Waals surface area contributed by atoms with E-state index in [0.717, 1.165) is 0 Å². The molecule has 0 radical (unpaired) electrons. The molecule has 6 nitrogen and oxygen atoms in total. The van der Waals surface area contributed by atoms with Gasteiger partial charge in [0.15, 0.2) is 6.29 Å². The summed E-state index contributed by atoms with van der Waals surface area (Å²) in [5.41, 5.74) is 0. The van der Waals surface area contributed by atoms with Crippen LogP contribution in [0.15, 0.2) is 0 Å². The van der Waals surface area contributed by atoms with Crippen LogP contribution in [0.4, 0.5) is 0 Å². The first-order valence-electron chi connectivity index (χ1n) is 5.02. The van der Waals surface area contributed by atoms with E-state index in [0.29, 0.717) is 5.75 Å². The summed E-state index contributed by atoms with van der Waals surface area (Å²) in [5.74, 6) is 0.426. The third-order valence-electron chi connectivity index (χ3n) is 1.86. The molecule has 0 aliphatic carbocycles. The van der Waals surface area contributed by atoms with Gasteiger partial charge in [-0.25, -0.2) is 0 Å². The van der Waals surface area contributed by atoms with Crippen molar-refractivity contribution in [1.29, 1.82) is 0 Å². The van der Waals surface area contributed by atoms with Gasteiger partial charge in [0.05, 0.1) is 25.9 Å². The van der Waals surface area contributed by atoms with Gasteiger partial charge in [0, 0.05) is 5.75 Å². The van der Waals surface area contributed by atoms with Gasteiger partial charge >= 0.3 is 0 Å². The van der Waals surface area contributed by atoms with E-state index in [2.05, 4.69) is 12.6 Å². The Labute approximate surface area is 100 Å². The summed E-state index contributed by atoms with van der Waals surface area (Å²) in [6, 6.07) is 0. The lowest BCUT2D eigenvalue weighted by Crippen LogP contribution is -2.44. The Morgan fingerprint density at radius 3 is 2.25 bits per heavy atom. The minimum Gasteiger partial charge on any atom is -0.394 e. The van der Waals surface area contributed by atoms with Crippen LogP contribution in [0.3, 0.4) is 0 Å². The molecular formula is C9H20O6S. The quantitative estimate of drug-likeness (QED) is 0.251. The summed E-state index contributed by atoms with van der Waals surface area (Å²) in [4.78, 5) is 0. The number of aliphatic hydroxyl groups is 4. The highest BCUT2D eigenvalue weighted by atomic mass is 32.1. The highest BCUT2D eigenvalue weighted by Gasteiger charge is 2.28. The van der Waals surface area contributed by atoms with Crippen LogP contribution < -0.4 is 0 Å². The van der Waals surface area contributed by atoms with Crippen molar-refractivity contribution in [2.24, 2.45) is 0 Å². The largest absolute Gasteiger partial charge is 0.394 e. The van der Waals surface area contributed by atoms with Crippen LogP contribution in [0.5, 0.6) is 0 Å². The average molecular weight is 256 g/mol. The number of ether oxygens (including phenoxy) is 2. The molecule has 0 aromatic carbocycles. The molecule has 0 amide bonds. The van der Waals surface area contributed by atoms with Crippen molar-refractivity contribution in [3.63, 3.8) is 0 Å². The van der Waals surface area contributed by atoms with E-state index in [1.54, 1.807) is 6.92 Å². The fourth-order valence-electron chi connectivity index (χ4n) is 0.949. The lowest BCUT2D eigenvalue weighted by Gasteiger charge is -2.28. The van der Waals surface area contributed by atoms with Gasteiger partial charge in [-0.2, -0.15) is 12.6 Å². The fourth-order valence-corrected chi connectivity index (χ4v) is 1.05. The van der Waals surface area contributed by atoms with Gasteiger partial charge < -0.3 is 29.9 Å². The van der Waals surface area contributed by atoms with E-state index >= 15 is 0 Å². The van der Waals surface area contributed by atoms with Gasteiger partial charge in [-0.3, -0.25) is 0 Å². The topological polar surface area (TPSA) is 99.4 Å². The predicted molar refractivity (Wildman–Crippen MR) is 60.3 cm³/mol. The standard InChI is InChI=1S/C9H20O6S/c1-6(4-10)15-9(14-2-3-16)8(13)7(12)5-11/h6-13,16H,2-5H2,1H3/t6?,7-,8?,9?/m1/s1. The Bertz CT molecular complexity index is 170. The molecule has 4 N–H and O–H groups in total. The highest BCUT2D eigenvalue weighted by molar-refractivity contribution is 7.80. The second kappa shape index (κ2) is 9.17. The van der Waals surface area contributed by atoms with Crippen molar-refractivity contribution in [2.75, 3.05) is 25.6 Å². The molecule has 0 heterocycles. The lowest BCUT2D eigenvalue weighted by molar-refractivity contribution is -0.235.